The van der Waals surface area contributed by atoms with Gasteiger partial charge in [-0.25, -0.2) is 13.5 Å². The zero-order chi connectivity index (χ0) is 21.4. The van der Waals surface area contributed by atoms with E-state index in [4.69, 9.17) is 0 Å². The van der Waals surface area contributed by atoms with E-state index < -0.39 is 11.6 Å². The predicted molar refractivity (Wildman–Crippen MR) is 112 cm³/mol. The van der Waals surface area contributed by atoms with Gasteiger partial charge in [0.05, 0.1) is 23.8 Å². The van der Waals surface area contributed by atoms with Crippen LogP contribution >= 0.6 is 0 Å². The molecule has 30 heavy (non-hydrogen) atoms. The van der Waals surface area contributed by atoms with Crippen LogP contribution in [0.15, 0.2) is 48.7 Å². The van der Waals surface area contributed by atoms with Crippen LogP contribution in [0.25, 0.3) is 10.9 Å². The van der Waals surface area contributed by atoms with E-state index in [1.54, 1.807) is 19.2 Å². The average Bonchev–Trinajstić information content (AvgIpc) is 3.04. The quantitative estimate of drug-likeness (QED) is 0.522. The third-order valence-corrected chi connectivity index (χ3v) is 4.92. The van der Waals surface area contributed by atoms with E-state index in [0.29, 0.717) is 16.9 Å². The highest BCUT2D eigenvalue weighted by Crippen LogP contribution is 2.23. The summed E-state index contributed by atoms with van der Waals surface area (Å²) in [5.74, 6) is -0.956. The van der Waals surface area contributed by atoms with Crippen molar-refractivity contribution >= 4 is 22.6 Å². The molecule has 0 spiro atoms. The van der Waals surface area contributed by atoms with E-state index >= 15 is 0 Å². The van der Waals surface area contributed by atoms with Crippen molar-refractivity contribution in [3.05, 3.63) is 88.2 Å². The van der Waals surface area contributed by atoms with Crippen molar-refractivity contribution in [2.45, 2.75) is 27.3 Å². The van der Waals surface area contributed by atoms with Crippen LogP contribution < -0.4 is 5.32 Å². The van der Waals surface area contributed by atoms with Crippen LogP contribution in [0.2, 0.25) is 0 Å². The average molecular weight is 406 g/mol. The molecule has 0 aliphatic carbocycles. The second kappa shape index (κ2) is 7.67. The fourth-order valence-corrected chi connectivity index (χ4v) is 3.42. The maximum atomic E-state index is 14.1. The molecule has 4 aromatic rings. The minimum absolute atomic E-state index is 0.0116. The number of hydrogen-bond acceptors (Lipinski definition) is 3. The molecule has 1 N–H and O–H groups in total. The van der Waals surface area contributed by atoms with Crippen molar-refractivity contribution in [3.8, 4) is 0 Å². The lowest BCUT2D eigenvalue weighted by Gasteiger charge is -2.13. The molecular weight excluding hydrogens is 386 g/mol. The van der Waals surface area contributed by atoms with Crippen LogP contribution in [0, 0.1) is 32.4 Å². The Kier molecular flexibility index (Phi) is 5.03. The number of anilines is 1. The van der Waals surface area contributed by atoms with Crippen LogP contribution in [0.3, 0.4) is 0 Å². The summed E-state index contributed by atoms with van der Waals surface area (Å²) in [6, 6.07) is 10.8. The molecule has 2 aromatic carbocycles. The Hall–Kier alpha value is -3.61. The molecule has 0 atom stereocenters. The number of amides is 1. The molecule has 0 saturated carbocycles. The summed E-state index contributed by atoms with van der Waals surface area (Å²) >= 11 is 0. The zero-order valence-corrected chi connectivity index (χ0v) is 16.8. The van der Waals surface area contributed by atoms with Gasteiger partial charge in [0, 0.05) is 22.2 Å². The Morgan fingerprint density at radius 3 is 2.67 bits per heavy atom. The molecule has 0 aliphatic rings. The van der Waals surface area contributed by atoms with Gasteiger partial charge in [-0.3, -0.25) is 9.78 Å². The number of nitrogens with one attached hydrogen (secondary N) is 1. The van der Waals surface area contributed by atoms with Crippen molar-refractivity contribution in [2.24, 2.45) is 0 Å². The fourth-order valence-electron chi connectivity index (χ4n) is 3.42. The summed E-state index contributed by atoms with van der Waals surface area (Å²) in [5.41, 5.74) is 3.83. The topological polar surface area (TPSA) is 59.8 Å². The van der Waals surface area contributed by atoms with Gasteiger partial charge in [-0.05, 0) is 57.2 Å². The fraction of sp³-hybridized carbons (Fsp3) is 0.174. The van der Waals surface area contributed by atoms with E-state index in [0.717, 1.165) is 40.4 Å². The molecule has 152 valence electrons. The molecule has 4 rings (SSSR count). The second-order valence-corrected chi connectivity index (χ2v) is 7.36. The normalized spacial score (nSPS) is 11.1. The maximum absolute atomic E-state index is 14.1. The molecule has 0 bridgehead atoms. The van der Waals surface area contributed by atoms with Crippen molar-refractivity contribution in [1.82, 2.24) is 14.8 Å². The van der Waals surface area contributed by atoms with Crippen molar-refractivity contribution in [1.29, 1.82) is 0 Å². The molecule has 7 heteroatoms. The molecule has 0 unspecified atom stereocenters. The smallest absolute Gasteiger partial charge is 0.257 e. The van der Waals surface area contributed by atoms with Gasteiger partial charge in [-0.1, -0.05) is 11.6 Å². The lowest BCUT2D eigenvalue weighted by molar-refractivity contribution is 0.102. The molecular formula is C23H20F2N4O. The molecule has 5 nitrogen and oxygen atoms in total. The Bertz CT molecular complexity index is 1280. The van der Waals surface area contributed by atoms with Gasteiger partial charge in [0.1, 0.15) is 17.5 Å². The Balaban J connectivity index is 1.70. The van der Waals surface area contributed by atoms with E-state index in [9.17, 15) is 13.6 Å². The zero-order valence-electron chi connectivity index (χ0n) is 16.8. The largest absolute Gasteiger partial charge is 0.307 e. The number of pyridine rings is 1. The molecule has 0 radical (unpaired) electrons. The maximum Gasteiger partial charge on any atom is 0.257 e. The van der Waals surface area contributed by atoms with Gasteiger partial charge in [-0.15, -0.1) is 0 Å². The number of halogens is 2. The number of carbonyl (C=O) groups is 1. The number of fused-ring (bicyclic) bond motifs is 1. The standard InChI is InChI=1S/C23H20F2N4O/c1-13-4-7-21-18(8-13)19(9-15(3)27-21)23(30)28-22-14(2)11-26-29(22)12-16-10-17(24)5-6-20(16)25/h4-11H,12H2,1-3H3,(H,28,30). The van der Waals surface area contributed by atoms with Gasteiger partial charge < -0.3 is 5.32 Å². The number of hydrogen-bond donors (Lipinski definition) is 1. The van der Waals surface area contributed by atoms with E-state index in [1.807, 2.05) is 32.0 Å². The van der Waals surface area contributed by atoms with Gasteiger partial charge in [-0.2, -0.15) is 5.10 Å². The van der Waals surface area contributed by atoms with E-state index in [2.05, 4.69) is 15.4 Å². The van der Waals surface area contributed by atoms with Crippen molar-refractivity contribution < 1.29 is 13.6 Å². The molecule has 2 heterocycles. The molecule has 2 aromatic heterocycles. The van der Waals surface area contributed by atoms with Crippen molar-refractivity contribution in [2.75, 3.05) is 5.32 Å². The first kappa shape index (κ1) is 19.7. The minimum Gasteiger partial charge on any atom is -0.307 e. The second-order valence-electron chi connectivity index (χ2n) is 7.36. The Morgan fingerprint density at radius 2 is 1.87 bits per heavy atom. The lowest BCUT2D eigenvalue weighted by Crippen LogP contribution is -2.18. The first-order valence-corrected chi connectivity index (χ1v) is 9.47. The van der Waals surface area contributed by atoms with Gasteiger partial charge in [0.25, 0.3) is 5.91 Å². The third kappa shape index (κ3) is 3.78. The van der Waals surface area contributed by atoms with Crippen LogP contribution in [-0.4, -0.2) is 20.7 Å². The summed E-state index contributed by atoms with van der Waals surface area (Å²) in [5, 5.41) is 7.86. The number of aryl methyl sites for hydroxylation is 3. The lowest BCUT2D eigenvalue weighted by atomic mass is 10.0. The Morgan fingerprint density at radius 1 is 1.07 bits per heavy atom. The molecule has 1 amide bonds. The molecule has 0 fully saturated rings. The highest BCUT2D eigenvalue weighted by Gasteiger charge is 2.17. The minimum atomic E-state index is -0.534. The van der Waals surface area contributed by atoms with Gasteiger partial charge >= 0.3 is 0 Å². The SMILES string of the molecule is Cc1ccc2nc(C)cc(C(=O)Nc3c(C)cnn3Cc3cc(F)ccc3F)c2c1. The molecule has 0 saturated heterocycles. The van der Waals surface area contributed by atoms with Crippen LogP contribution in [0.5, 0.6) is 0 Å². The monoisotopic (exact) mass is 406 g/mol. The first-order valence-electron chi connectivity index (χ1n) is 9.47. The van der Waals surface area contributed by atoms with Crippen LogP contribution in [0.1, 0.15) is 32.7 Å². The summed E-state index contributed by atoms with van der Waals surface area (Å²) in [4.78, 5) is 17.6. The van der Waals surface area contributed by atoms with Crippen LogP contribution in [-0.2, 0) is 6.54 Å². The van der Waals surface area contributed by atoms with E-state index in [1.165, 1.54) is 4.68 Å². The Labute approximate surface area is 172 Å². The number of carbonyl (C=O) groups excluding carboxylic acids is 1. The van der Waals surface area contributed by atoms with E-state index in [-0.39, 0.29) is 18.0 Å². The summed E-state index contributed by atoms with van der Waals surface area (Å²) < 4.78 is 29.1. The third-order valence-electron chi connectivity index (χ3n) is 4.92. The number of rotatable bonds is 4. The van der Waals surface area contributed by atoms with Crippen LogP contribution in [0.4, 0.5) is 14.6 Å². The number of nitrogens with zero attached hydrogens (tertiary/aromatic N) is 3. The highest BCUT2D eigenvalue weighted by atomic mass is 19.1. The summed E-state index contributed by atoms with van der Waals surface area (Å²) in [7, 11) is 0. The number of aromatic nitrogens is 3. The molecule has 0 aliphatic heterocycles. The van der Waals surface area contributed by atoms with Crippen molar-refractivity contribution in [3.63, 3.8) is 0 Å². The highest BCUT2D eigenvalue weighted by molar-refractivity contribution is 6.12. The summed E-state index contributed by atoms with van der Waals surface area (Å²) in [6.07, 6.45) is 1.58. The van der Waals surface area contributed by atoms with Gasteiger partial charge in [0.2, 0.25) is 0 Å². The van der Waals surface area contributed by atoms with Gasteiger partial charge in [0.15, 0.2) is 0 Å². The first-order chi connectivity index (χ1) is 14.3. The number of benzene rings is 2. The predicted octanol–water partition coefficient (Wildman–Crippen LogP) is 4.94. The summed E-state index contributed by atoms with van der Waals surface area (Å²) in [6.45, 7) is 5.56.